The van der Waals surface area contributed by atoms with Crippen molar-refractivity contribution < 1.29 is 0 Å². The lowest BCUT2D eigenvalue weighted by Crippen LogP contribution is -1.88. The minimum Gasteiger partial charge on any atom is -0.0587 e. The lowest BCUT2D eigenvalue weighted by atomic mass is 9.96. The van der Waals surface area contributed by atoms with E-state index in [2.05, 4.69) is 58.0 Å². The van der Waals surface area contributed by atoms with Gasteiger partial charge in [0.1, 0.15) is 0 Å². The van der Waals surface area contributed by atoms with Gasteiger partial charge in [-0.3, -0.25) is 0 Å². The van der Waals surface area contributed by atoms with E-state index in [1.165, 1.54) is 27.5 Å². The molecule has 0 aliphatic carbocycles. The molecule has 0 heteroatoms. The van der Waals surface area contributed by atoms with Crippen molar-refractivity contribution in [2.75, 3.05) is 0 Å². The molecule has 0 radical (unpaired) electrons. The van der Waals surface area contributed by atoms with E-state index in [1.54, 1.807) is 0 Å². The fourth-order valence-electron chi connectivity index (χ4n) is 2.13. The summed E-state index contributed by atoms with van der Waals surface area (Å²) < 4.78 is 0. The smallest absolute Gasteiger partial charge is 0.0154 e. The first-order valence-corrected chi connectivity index (χ1v) is 5.59. The molecular weight excluding hydrogens is 180 g/mol. The van der Waals surface area contributed by atoms with E-state index in [4.69, 9.17) is 0 Å². The molecule has 0 spiro atoms. The minimum absolute atomic E-state index is 0.607. The van der Waals surface area contributed by atoms with Gasteiger partial charge in [-0.1, -0.05) is 49.7 Å². The Labute approximate surface area is 91.9 Å². The zero-order valence-electron chi connectivity index (χ0n) is 9.96. The third-order valence-corrected chi connectivity index (χ3v) is 2.99. The van der Waals surface area contributed by atoms with Crippen LogP contribution in [-0.4, -0.2) is 0 Å². The summed E-state index contributed by atoms with van der Waals surface area (Å²) in [5, 5.41) is 2.75. The summed E-state index contributed by atoms with van der Waals surface area (Å²) >= 11 is 0. The van der Waals surface area contributed by atoms with Gasteiger partial charge >= 0.3 is 0 Å². The first-order valence-electron chi connectivity index (χ1n) is 5.59. The van der Waals surface area contributed by atoms with Crippen LogP contribution in [0.2, 0.25) is 0 Å². The van der Waals surface area contributed by atoms with Crippen LogP contribution in [0.1, 0.15) is 36.5 Å². The van der Waals surface area contributed by atoms with Crippen LogP contribution in [-0.2, 0) is 0 Å². The number of rotatable bonds is 1. The summed E-state index contributed by atoms with van der Waals surface area (Å²) in [5.41, 5.74) is 4.15. The van der Waals surface area contributed by atoms with E-state index in [1.807, 2.05) is 0 Å². The van der Waals surface area contributed by atoms with Gasteiger partial charge in [0.05, 0.1) is 0 Å². The second-order valence-electron chi connectivity index (χ2n) is 4.72. The van der Waals surface area contributed by atoms with Crippen molar-refractivity contribution in [1.29, 1.82) is 0 Å². The number of benzene rings is 2. The second-order valence-corrected chi connectivity index (χ2v) is 4.72. The monoisotopic (exact) mass is 198 g/mol. The van der Waals surface area contributed by atoms with E-state index in [-0.39, 0.29) is 0 Å². The van der Waals surface area contributed by atoms with Crippen LogP contribution in [0.5, 0.6) is 0 Å². The van der Waals surface area contributed by atoms with E-state index >= 15 is 0 Å². The quantitative estimate of drug-likeness (QED) is 0.629. The van der Waals surface area contributed by atoms with Crippen LogP contribution >= 0.6 is 0 Å². The highest BCUT2D eigenvalue weighted by Crippen LogP contribution is 2.24. The highest BCUT2D eigenvalue weighted by Gasteiger charge is 2.02. The minimum atomic E-state index is 0.607. The lowest BCUT2D eigenvalue weighted by molar-refractivity contribution is 0.869. The molecule has 0 fully saturated rings. The number of fused-ring (bicyclic) bond motifs is 1. The third kappa shape index (κ3) is 1.90. The Kier molecular flexibility index (Phi) is 2.52. The number of aryl methyl sites for hydroxylation is 2. The molecule has 0 amide bonds. The fourth-order valence-corrected chi connectivity index (χ4v) is 2.13. The normalized spacial score (nSPS) is 11.3. The highest BCUT2D eigenvalue weighted by molar-refractivity contribution is 5.87. The molecule has 78 valence electrons. The Morgan fingerprint density at radius 2 is 1.67 bits per heavy atom. The Balaban J connectivity index is 2.71. The molecule has 0 unspecified atom stereocenters. The summed E-state index contributed by atoms with van der Waals surface area (Å²) in [6.07, 6.45) is 0. The molecule has 0 bridgehead atoms. The molecule has 0 aliphatic rings. The van der Waals surface area contributed by atoms with E-state index in [0.29, 0.717) is 5.92 Å². The van der Waals surface area contributed by atoms with Gasteiger partial charge in [-0.2, -0.15) is 0 Å². The van der Waals surface area contributed by atoms with Crippen LogP contribution < -0.4 is 0 Å². The van der Waals surface area contributed by atoms with E-state index < -0.39 is 0 Å². The third-order valence-electron chi connectivity index (χ3n) is 2.99. The predicted octanol–water partition coefficient (Wildman–Crippen LogP) is 4.58. The first-order chi connectivity index (χ1) is 7.08. The van der Waals surface area contributed by atoms with Gasteiger partial charge in [0, 0.05) is 0 Å². The largest absolute Gasteiger partial charge is 0.0587 e. The average molecular weight is 198 g/mol. The lowest BCUT2D eigenvalue weighted by Gasteiger charge is -2.09. The van der Waals surface area contributed by atoms with Gasteiger partial charge in [-0.25, -0.2) is 0 Å². The highest BCUT2D eigenvalue weighted by atomic mass is 14.1. The zero-order valence-corrected chi connectivity index (χ0v) is 9.96. The molecule has 0 N–H and O–H groups in total. The Morgan fingerprint density at radius 1 is 0.933 bits per heavy atom. The van der Waals surface area contributed by atoms with Crippen molar-refractivity contribution in [3.8, 4) is 0 Å². The molecule has 2 aromatic carbocycles. The maximum absolute atomic E-state index is 2.32. The van der Waals surface area contributed by atoms with Crippen molar-refractivity contribution >= 4 is 10.8 Å². The average Bonchev–Trinajstić information content (AvgIpc) is 2.16. The SMILES string of the molecule is Cc1cc(C)c2ccc(C(C)C)cc2c1. The summed E-state index contributed by atoms with van der Waals surface area (Å²) in [7, 11) is 0. The van der Waals surface area contributed by atoms with E-state index in [9.17, 15) is 0 Å². The Morgan fingerprint density at radius 3 is 2.33 bits per heavy atom. The maximum atomic E-state index is 2.32. The zero-order chi connectivity index (χ0) is 11.0. The van der Waals surface area contributed by atoms with Crippen molar-refractivity contribution in [3.05, 3.63) is 47.0 Å². The van der Waals surface area contributed by atoms with Gasteiger partial charge in [-0.05, 0) is 41.7 Å². The van der Waals surface area contributed by atoms with Crippen LogP contribution in [0.4, 0.5) is 0 Å². The van der Waals surface area contributed by atoms with Crippen LogP contribution in [0.25, 0.3) is 10.8 Å². The Bertz CT molecular complexity index is 493. The van der Waals surface area contributed by atoms with Gasteiger partial charge in [0.2, 0.25) is 0 Å². The first kappa shape index (κ1) is 10.2. The van der Waals surface area contributed by atoms with Gasteiger partial charge < -0.3 is 0 Å². The molecule has 2 rings (SSSR count). The van der Waals surface area contributed by atoms with Crippen molar-refractivity contribution in [1.82, 2.24) is 0 Å². The summed E-state index contributed by atoms with van der Waals surface area (Å²) in [5.74, 6) is 0.607. The standard InChI is InChI=1S/C15H18/c1-10(2)13-5-6-15-12(4)7-11(3)8-14(15)9-13/h5-10H,1-4H3. The van der Waals surface area contributed by atoms with Crippen LogP contribution in [0.15, 0.2) is 30.3 Å². The molecular formula is C15H18. The molecule has 15 heavy (non-hydrogen) atoms. The Hall–Kier alpha value is -1.30. The van der Waals surface area contributed by atoms with Crippen molar-refractivity contribution in [2.45, 2.75) is 33.6 Å². The molecule has 0 atom stereocenters. The molecule has 0 aromatic heterocycles. The number of hydrogen-bond acceptors (Lipinski definition) is 0. The molecule has 0 saturated carbocycles. The second kappa shape index (κ2) is 3.69. The van der Waals surface area contributed by atoms with E-state index in [0.717, 1.165) is 0 Å². The van der Waals surface area contributed by atoms with Gasteiger partial charge in [0.25, 0.3) is 0 Å². The topological polar surface area (TPSA) is 0 Å². The van der Waals surface area contributed by atoms with Gasteiger partial charge in [0.15, 0.2) is 0 Å². The summed E-state index contributed by atoms with van der Waals surface area (Å²) in [4.78, 5) is 0. The summed E-state index contributed by atoms with van der Waals surface area (Å²) in [6, 6.07) is 11.3. The van der Waals surface area contributed by atoms with Crippen LogP contribution in [0, 0.1) is 13.8 Å². The molecule has 0 saturated heterocycles. The fraction of sp³-hybridized carbons (Fsp3) is 0.333. The molecule has 0 nitrogen and oxygen atoms in total. The predicted molar refractivity (Wildman–Crippen MR) is 67.5 cm³/mol. The molecule has 0 heterocycles. The van der Waals surface area contributed by atoms with Gasteiger partial charge in [-0.15, -0.1) is 0 Å². The summed E-state index contributed by atoms with van der Waals surface area (Å²) in [6.45, 7) is 8.83. The van der Waals surface area contributed by atoms with Crippen LogP contribution in [0.3, 0.4) is 0 Å². The molecule has 0 aliphatic heterocycles. The molecule has 2 aromatic rings. The maximum Gasteiger partial charge on any atom is -0.0154 e. The van der Waals surface area contributed by atoms with Crippen molar-refractivity contribution in [3.63, 3.8) is 0 Å². The number of hydrogen-bond donors (Lipinski definition) is 0. The van der Waals surface area contributed by atoms with Crippen molar-refractivity contribution in [2.24, 2.45) is 0 Å².